The molecule has 104 valence electrons. The van der Waals surface area contributed by atoms with Crippen molar-refractivity contribution in [1.82, 2.24) is 9.88 Å². The third kappa shape index (κ3) is 2.57. The Bertz CT molecular complexity index is 421. The van der Waals surface area contributed by atoms with E-state index >= 15 is 0 Å². The van der Waals surface area contributed by atoms with Gasteiger partial charge in [0.1, 0.15) is 5.01 Å². The van der Waals surface area contributed by atoms with Gasteiger partial charge in [0.25, 0.3) is 0 Å². The van der Waals surface area contributed by atoms with Crippen molar-refractivity contribution in [2.45, 2.75) is 31.5 Å². The smallest absolute Gasteiger partial charge is 0.107 e. The van der Waals surface area contributed by atoms with Crippen molar-refractivity contribution in [3.63, 3.8) is 0 Å². The van der Waals surface area contributed by atoms with Crippen LogP contribution in [0.1, 0.15) is 17.8 Å². The molecule has 0 bridgehead atoms. The summed E-state index contributed by atoms with van der Waals surface area (Å²) in [5.41, 5.74) is 0. The quantitative estimate of drug-likeness (QED) is 0.823. The summed E-state index contributed by atoms with van der Waals surface area (Å²) in [7, 11) is 0. The number of fused-ring (bicyclic) bond motifs is 1. The van der Waals surface area contributed by atoms with Crippen LogP contribution in [0.2, 0.25) is 0 Å². The minimum absolute atomic E-state index is 0.369. The lowest BCUT2D eigenvalue weighted by molar-refractivity contribution is 0.0137. The second-order valence-corrected chi connectivity index (χ2v) is 6.92. The molecular formula is C14H20N2O2S. The number of rotatable bonds is 5. The summed E-state index contributed by atoms with van der Waals surface area (Å²) in [6, 6.07) is 0.535. The summed E-state index contributed by atoms with van der Waals surface area (Å²) in [5, 5.41) is 3.25. The Balaban J connectivity index is 1.40. The van der Waals surface area contributed by atoms with Gasteiger partial charge in [-0.05, 0) is 18.8 Å². The highest BCUT2D eigenvalue weighted by Gasteiger charge is 2.46. The Morgan fingerprint density at radius 2 is 2.37 bits per heavy atom. The van der Waals surface area contributed by atoms with Gasteiger partial charge in [-0.15, -0.1) is 11.3 Å². The van der Waals surface area contributed by atoms with Gasteiger partial charge in [-0.2, -0.15) is 0 Å². The number of hydrogen-bond donors (Lipinski definition) is 0. The van der Waals surface area contributed by atoms with Gasteiger partial charge in [-0.1, -0.05) is 0 Å². The Morgan fingerprint density at radius 1 is 1.42 bits per heavy atom. The van der Waals surface area contributed by atoms with Crippen LogP contribution in [0.15, 0.2) is 11.6 Å². The standard InChI is InChI=1S/C14H20N2O2S/c1-2-10(1)7-18-13-5-16(6-14-15-3-4-19-14)12-9-17-8-11(12)13/h3-4,10-13H,1-2,5-9H2/t11-,12+,13-/m1/s1. The Labute approximate surface area is 117 Å². The van der Waals surface area contributed by atoms with Crippen LogP contribution in [0.3, 0.4) is 0 Å². The fourth-order valence-electron chi connectivity index (χ4n) is 3.20. The maximum absolute atomic E-state index is 6.15. The summed E-state index contributed by atoms with van der Waals surface area (Å²) in [6.45, 7) is 4.68. The molecule has 0 amide bonds. The minimum Gasteiger partial charge on any atom is -0.379 e. The van der Waals surface area contributed by atoms with E-state index in [1.807, 2.05) is 6.20 Å². The zero-order chi connectivity index (χ0) is 12.7. The molecule has 19 heavy (non-hydrogen) atoms. The predicted molar refractivity (Wildman–Crippen MR) is 73.1 cm³/mol. The Hall–Kier alpha value is -0.490. The van der Waals surface area contributed by atoms with Gasteiger partial charge in [0, 0.05) is 36.7 Å². The van der Waals surface area contributed by atoms with Gasteiger partial charge in [-0.3, -0.25) is 4.90 Å². The van der Waals surface area contributed by atoms with Crippen molar-refractivity contribution in [3.05, 3.63) is 16.6 Å². The average Bonchev–Trinajstić information content (AvgIpc) is 2.82. The Morgan fingerprint density at radius 3 is 3.16 bits per heavy atom. The summed E-state index contributed by atoms with van der Waals surface area (Å²) >= 11 is 1.74. The van der Waals surface area contributed by atoms with Crippen molar-refractivity contribution in [1.29, 1.82) is 0 Å². The number of thiazole rings is 1. The lowest BCUT2D eigenvalue weighted by Gasteiger charge is -2.20. The van der Waals surface area contributed by atoms with Crippen LogP contribution in [-0.2, 0) is 16.0 Å². The van der Waals surface area contributed by atoms with Gasteiger partial charge in [0.05, 0.1) is 25.9 Å². The summed E-state index contributed by atoms with van der Waals surface area (Å²) in [6.07, 6.45) is 4.98. The predicted octanol–water partition coefficient (Wildman–Crippen LogP) is 1.77. The summed E-state index contributed by atoms with van der Waals surface area (Å²) < 4.78 is 11.8. The van der Waals surface area contributed by atoms with Crippen LogP contribution in [-0.4, -0.2) is 48.4 Å². The van der Waals surface area contributed by atoms with E-state index < -0.39 is 0 Å². The van der Waals surface area contributed by atoms with Crippen LogP contribution in [0.5, 0.6) is 0 Å². The van der Waals surface area contributed by atoms with Gasteiger partial charge in [-0.25, -0.2) is 4.98 Å². The molecule has 0 unspecified atom stereocenters. The van der Waals surface area contributed by atoms with E-state index in [4.69, 9.17) is 9.47 Å². The average molecular weight is 280 g/mol. The number of ether oxygens (including phenoxy) is 2. The topological polar surface area (TPSA) is 34.6 Å². The van der Waals surface area contributed by atoms with Crippen molar-refractivity contribution < 1.29 is 9.47 Å². The van der Waals surface area contributed by atoms with E-state index in [0.29, 0.717) is 18.1 Å². The summed E-state index contributed by atoms with van der Waals surface area (Å²) in [5.74, 6) is 1.41. The molecule has 0 spiro atoms. The minimum atomic E-state index is 0.369. The molecular weight excluding hydrogens is 260 g/mol. The van der Waals surface area contributed by atoms with Gasteiger partial charge < -0.3 is 9.47 Å². The molecule has 0 radical (unpaired) electrons. The number of nitrogens with zero attached hydrogens (tertiary/aromatic N) is 2. The van der Waals surface area contributed by atoms with E-state index in [9.17, 15) is 0 Å². The normalized spacial score (nSPS) is 34.8. The van der Waals surface area contributed by atoms with Crippen molar-refractivity contribution >= 4 is 11.3 Å². The first-order valence-corrected chi connectivity index (χ1v) is 8.10. The number of aromatic nitrogens is 1. The molecule has 1 aromatic heterocycles. The molecule has 4 rings (SSSR count). The molecule has 1 aromatic rings. The highest BCUT2D eigenvalue weighted by Crippen LogP contribution is 2.35. The van der Waals surface area contributed by atoms with Crippen LogP contribution in [0.4, 0.5) is 0 Å². The largest absolute Gasteiger partial charge is 0.379 e. The highest BCUT2D eigenvalue weighted by atomic mass is 32.1. The Kier molecular flexibility index (Phi) is 3.31. The van der Waals surface area contributed by atoms with Crippen LogP contribution in [0.25, 0.3) is 0 Å². The fraction of sp³-hybridized carbons (Fsp3) is 0.786. The second kappa shape index (κ2) is 5.13. The third-order valence-corrected chi connectivity index (χ3v) is 5.28. The highest BCUT2D eigenvalue weighted by molar-refractivity contribution is 7.09. The molecule has 3 aliphatic rings. The van der Waals surface area contributed by atoms with Crippen LogP contribution < -0.4 is 0 Å². The SMILES string of the molecule is c1csc(CN2C[C@@H](OCC3CC3)[C@@H]3COC[C@@H]32)n1. The van der Waals surface area contributed by atoms with E-state index in [0.717, 1.165) is 38.8 Å². The first kappa shape index (κ1) is 12.3. The lowest BCUT2D eigenvalue weighted by Crippen LogP contribution is -2.32. The molecule has 1 aliphatic carbocycles. The van der Waals surface area contributed by atoms with Crippen molar-refractivity contribution in [2.24, 2.45) is 11.8 Å². The molecule has 0 N–H and O–H groups in total. The molecule has 0 aromatic carbocycles. The van der Waals surface area contributed by atoms with Gasteiger partial charge in [0.15, 0.2) is 0 Å². The number of likely N-dealkylation sites (tertiary alicyclic amines) is 1. The van der Waals surface area contributed by atoms with Gasteiger partial charge in [0.2, 0.25) is 0 Å². The van der Waals surface area contributed by atoms with Crippen LogP contribution in [0, 0.1) is 11.8 Å². The first-order valence-electron chi connectivity index (χ1n) is 7.22. The molecule has 3 fully saturated rings. The molecule has 3 atom stereocenters. The van der Waals surface area contributed by atoms with Crippen molar-refractivity contribution in [2.75, 3.05) is 26.4 Å². The van der Waals surface area contributed by atoms with E-state index in [-0.39, 0.29) is 0 Å². The zero-order valence-corrected chi connectivity index (χ0v) is 11.8. The molecule has 4 nitrogen and oxygen atoms in total. The van der Waals surface area contributed by atoms with Crippen molar-refractivity contribution in [3.8, 4) is 0 Å². The molecule has 3 heterocycles. The van der Waals surface area contributed by atoms with E-state index in [2.05, 4.69) is 15.3 Å². The molecule has 2 aliphatic heterocycles. The van der Waals surface area contributed by atoms with Crippen LogP contribution >= 0.6 is 11.3 Å². The molecule has 2 saturated heterocycles. The van der Waals surface area contributed by atoms with E-state index in [1.54, 1.807) is 11.3 Å². The molecule has 5 heteroatoms. The second-order valence-electron chi connectivity index (χ2n) is 5.94. The molecule has 1 saturated carbocycles. The number of hydrogen-bond acceptors (Lipinski definition) is 5. The van der Waals surface area contributed by atoms with E-state index in [1.165, 1.54) is 17.8 Å². The monoisotopic (exact) mass is 280 g/mol. The maximum Gasteiger partial charge on any atom is 0.107 e. The summed E-state index contributed by atoms with van der Waals surface area (Å²) in [4.78, 5) is 6.91. The van der Waals surface area contributed by atoms with Gasteiger partial charge >= 0.3 is 0 Å². The third-order valence-electron chi connectivity index (χ3n) is 4.52. The zero-order valence-electron chi connectivity index (χ0n) is 11.0. The lowest BCUT2D eigenvalue weighted by atomic mass is 10.0. The maximum atomic E-state index is 6.15. The first-order chi connectivity index (χ1) is 9.40. The fourth-order valence-corrected chi connectivity index (χ4v) is 3.84.